The van der Waals surface area contributed by atoms with Crippen LogP contribution in [0.3, 0.4) is 0 Å². The number of aromatic nitrogens is 1. The molecule has 6 heteroatoms. The van der Waals surface area contributed by atoms with Gasteiger partial charge in [0, 0.05) is 18.9 Å². The molecule has 1 aliphatic heterocycles. The highest BCUT2D eigenvalue weighted by Crippen LogP contribution is 2.26. The van der Waals surface area contributed by atoms with Crippen molar-refractivity contribution in [2.75, 3.05) is 20.3 Å². The van der Waals surface area contributed by atoms with Crippen LogP contribution in [0.15, 0.2) is 28.7 Å². The lowest BCUT2D eigenvalue weighted by Gasteiger charge is -2.25. The van der Waals surface area contributed by atoms with Crippen molar-refractivity contribution in [1.82, 2.24) is 9.88 Å². The first kappa shape index (κ1) is 16.4. The molecule has 0 atom stereocenters. The number of carbonyl (C=O) groups is 1. The number of fused-ring (bicyclic) bond motifs is 1. The Hall–Kier alpha value is -2.50. The second-order valence-corrected chi connectivity index (χ2v) is 6.08. The average molecular weight is 330 g/mol. The normalized spacial score (nSPS) is 13.8. The smallest absolute Gasteiger partial charge is 0.260 e. The van der Waals surface area contributed by atoms with Gasteiger partial charge in [-0.05, 0) is 12.1 Å². The summed E-state index contributed by atoms with van der Waals surface area (Å²) in [5.41, 5.74) is 0.857. The van der Waals surface area contributed by atoms with E-state index in [0.29, 0.717) is 31.0 Å². The summed E-state index contributed by atoms with van der Waals surface area (Å²) in [6.07, 6.45) is 0.690. The minimum atomic E-state index is -0.0688. The van der Waals surface area contributed by atoms with Crippen LogP contribution in [0.25, 0.3) is 0 Å². The molecule has 0 saturated carbocycles. The van der Waals surface area contributed by atoms with Crippen LogP contribution in [0, 0.1) is 0 Å². The molecule has 1 amide bonds. The monoisotopic (exact) mass is 330 g/mol. The molecule has 6 nitrogen and oxygen atoms in total. The topological polar surface area (TPSA) is 64.8 Å². The second kappa shape index (κ2) is 6.95. The van der Waals surface area contributed by atoms with Gasteiger partial charge < -0.3 is 18.8 Å². The molecule has 0 N–H and O–H groups in total. The lowest BCUT2D eigenvalue weighted by atomic mass is 10.1. The van der Waals surface area contributed by atoms with Crippen molar-refractivity contribution in [3.05, 3.63) is 41.6 Å². The Balaban J connectivity index is 1.62. The number of carbonyl (C=O) groups excluding carboxylic acids is 1. The Morgan fingerprint density at radius 1 is 1.33 bits per heavy atom. The summed E-state index contributed by atoms with van der Waals surface area (Å²) in [6, 6.07) is 7.29. The SMILES string of the molecule is COc1ccccc1OCC(=O)N1CCc2oc(C(C)C)nc2C1. The van der Waals surface area contributed by atoms with Gasteiger partial charge in [-0.15, -0.1) is 0 Å². The molecule has 24 heavy (non-hydrogen) atoms. The molecule has 0 bridgehead atoms. The van der Waals surface area contributed by atoms with Gasteiger partial charge in [-0.1, -0.05) is 26.0 Å². The molecule has 0 unspecified atom stereocenters. The molecule has 0 spiro atoms. The van der Waals surface area contributed by atoms with E-state index in [4.69, 9.17) is 13.9 Å². The van der Waals surface area contributed by atoms with E-state index in [0.717, 1.165) is 17.3 Å². The van der Waals surface area contributed by atoms with Crippen molar-refractivity contribution >= 4 is 5.91 Å². The largest absolute Gasteiger partial charge is 0.493 e. The van der Waals surface area contributed by atoms with Gasteiger partial charge in [0.1, 0.15) is 11.5 Å². The molecule has 0 radical (unpaired) electrons. The molecule has 0 fully saturated rings. The Kier molecular flexibility index (Phi) is 4.74. The summed E-state index contributed by atoms with van der Waals surface area (Å²) >= 11 is 0. The molecule has 1 aromatic heterocycles. The van der Waals surface area contributed by atoms with Gasteiger partial charge >= 0.3 is 0 Å². The van der Waals surface area contributed by atoms with Crippen molar-refractivity contribution < 1.29 is 18.7 Å². The number of para-hydroxylation sites is 2. The number of rotatable bonds is 5. The number of ether oxygens (including phenoxy) is 2. The van der Waals surface area contributed by atoms with Crippen LogP contribution >= 0.6 is 0 Å². The molecule has 2 heterocycles. The van der Waals surface area contributed by atoms with E-state index in [-0.39, 0.29) is 18.4 Å². The maximum Gasteiger partial charge on any atom is 0.260 e. The molecular weight excluding hydrogens is 308 g/mol. The lowest BCUT2D eigenvalue weighted by molar-refractivity contribution is -0.134. The average Bonchev–Trinajstić information content (AvgIpc) is 3.03. The van der Waals surface area contributed by atoms with E-state index in [1.54, 1.807) is 24.1 Å². The summed E-state index contributed by atoms with van der Waals surface area (Å²) in [4.78, 5) is 18.7. The maximum atomic E-state index is 12.4. The summed E-state index contributed by atoms with van der Waals surface area (Å²) < 4.78 is 16.6. The first-order valence-electron chi connectivity index (χ1n) is 8.10. The zero-order valence-electron chi connectivity index (χ0n) is 14.2. The molecule has 0 saturated heterocycles. The highest BCUT2D eigenvalue weighted by molar-refractivity contribution is 5.78. The first-order valence-corrected chi connectivity index (χ1v) is 8.10. The van der Waals surface area contributed by atoms with Gasteiger partial charge in [0.05, 0.1) is 13.7 Å². The third kappa shape index (κ3) is 3.37. The Labute approximate surface area is 141 Å². The standard InChI is InChI=1S/C18H22N2O4/c1-12(2)18-19-13-10-20(9-8-14(13)24-18)17(21)11-23-16-7-5-4-6-15(16)22-3/h4-7,12H,8-11H2,1-3H3. The van der Waals surface area contributed by atoms with Crippen LogP contribution in [0.1, 0.15) is 37.1 Å². The van der Waals surface area contributed by atoms with Crippen LogP contribution < -0.4 is 9.47 Å². The van der Waals surface area contributed by atoms with Gasteiger partial charge in [-0.3, -0.25) is 4.79 Å². The molecule has 3 rings (SSSR count). The predicted molar refractivity (Wildman–Crippen MR) is 88.2 cm³/mol. The van der Waals surface area contributed by atoms with E-state index >= 15 is 0 Å². The second-order valence-electron chi connectivity index (χ2n) is 6.08. The minimum Gasteiger partial charge on any atom is -0.493 e. The van der Waals surface area contributed by atoms with E-state index in [9.17, 15) is 4.79 Å². The number of hydrogen-bond donors (Lipinski definition) is 0. The number of hydrogen-bond acceptors (Lipinski definition) is 5. The molecule has 1 aromatic carbocycles. The van der Waals surface area contributed by atoms with Crippen LogP contribution in [0.5, 0.6) is 11.5 Å². The fourth-order valence-electron chi connectivity index (χ4n) is 2.65. The van der Waals surface area contributed by atoms with Gasteiger partial charge in [0.2, 0.25) is 0 Å². The van der Waals surface area contributed by atoms with Crippen molar-refractivity contribution in [3.63, 3.8) is 0 Å². The molecule has 1 aliphatic rings. The molecular formula is C18H22N2O4. The summed E-state index contributed by atoms with van der Waals surface area (Å²) in [7, 11) is 1.58. The Bertz CT molecular complexity index is 724. The summed E-state index contributed by atoms with van der Waals surface area (Å²) in [6.45, 7) is 5.15. The van der Waals surface area contributed by atoms with Gasteiger partial charge in [-0.2, -0.15) is 0 Å². The molecule has 128 valence electrons. The zero-order chi connectivity index (χ0) is 17.1. The fourth-order valence-corrected chi connectivity index (χ4v) is 2.65. The third-order valence-corrected chi connectivity index (χ3v) is 4.01. The number of amides is 1. The van der Waals surface area contributed by atoms with Crippen LogP contribution in [0.4, 0.5) is 0 Å². The predicted octanol–water partition coefficient (Wildman–Crippen LogP) is 2.77. The van der Waals surface area contributed by atoms with Crippen LogP contribution in [-0.2, 0) is 17.8 Å². The Morgan fingerprint density at radius 2 is 2.08 bits per heavy atom. The lowest BCUT2D eigenvalue weighted by Crippen LogP contribution is -2.38. The number of nitrogens with zero attached hydrogens (tertiary/aromatic N) is 2. The van der Waals surface area contributed by atoms with E-state index < -0.39 is 0 Å². The van der Waals surface area contributed by atoms with Crippen LogP contribution in [0.2, 0.25) is 0 Å². The molecule has 2 aromatic rings. The number of benzene rings is 1. The minimum absolute atomic E-state index is 0.0232. The van der Waals surface area contributed by atoms with Crippen LogP contribution in [-0.4, -0.2) is 36.1 Å². The Morgan fingerprint density at radius 3 is 2.79 bits per heavy atom. The van der Waals surface area contributed by atoms with E-state index in [2.05, 4.69) is 4.98 Å². The maximum absolute atomic E-state index is 12.4. The molecule has 0 aliphatic carbocycles. The third-order valence-electron chi connectivity index (χ3n) is 4.01. The highest BCUT2D eigenvalue weighted by Gasteiger charge is 2.26. The van der Waals surface area contributed by atoms with Crippen molar-refractivity contribution in [3.8, 4) is 11.5 Å². The summed E-state index contributed by atoms with van der Waals surface area (Å²) in [5, 5.41) is 0. The fraction of sp³-hybridized carbons (Fsp3) is 0.444. The van der Waals surface area contributed by atoms with Gasteiger partial charge in [0.25, 0.3) is 5.91 Å². The number of oxazole rings is 1. The van der Waals surface area contributed by atoms with Gasteiger partial charge in [-0.25, -0.2) is 4.98 Å². The summed E-state index contributed by atoms with van der Waals surface area (Å²) in [5.74, 6) is 2.99. The van der Waals surface area contributed by atoms with E-state index in [1.165, 1.54) is 0 Å². The zero-order valence-corrected chi connectivity index (χ0v) is 14.2. The first-order chi connectivity index (χ1) is 11.6. The van der Waals surface area contributed by atoms with Crippen molar-refractivity contribution in [2.24, 2.45) is 0 Å². The van der Waals surface area contributed by atoms with Gasteiger partial charge in [0.15, 0.2) is 24.0 Å². The van der Waals surface area contributed by atoms with E-state index in [1.807, 2.05) is 26.0 Å². The highest BCUT2D eigenvalue weighted by atomic mass is 16.5. The van der Waals surface area contributed by atoms with Crippen molar-refractivity contribution in [2.45, 2.75) is 32.7 Å². The quantitative estimate of drug-likeness (QED) is 0.843. The van der Waals surface area contributed by atoms with Crippen molar-refractivity contribution in [1.29, 1.82) is 0 Å². The number of methoxy groups -OCH3 is 1.